The van der Waals surface area contributed by atoms with E-state index in [2.05, 4.69) is 5.32 Å². The number of hydrogen-bond donors (Lipinski definition) is 2. The first-order chi connectivity index (χ1) is 9.17. The van der Waals surface area contributed by atoms with Gasteiger partial charge in [-0.2, -0.15) is 0 Å². The van der Waals surface area contributed by atoms with Crippen LogP contribution in [-0.2, 0) is 11.4 Å². The molecule has 1 aromatic heterocycles. The number of nitrogens with one attached hydrogen (secondary N) is 1. The molecule has 3 rings (SSSR count). The molecule has 0 fully saturated rings. The monoisotopic (exact) mass is 323 g/mol. The van der Waals surface area contributed by atoms with Crippen molar-refractivity contribution in [3.05, 3.63) is 50.6 Å². The Morgan fingerprint density at radius 1 is 1.32 bits per heavy atom. The fourth-order valence-electron chi connectivity index (χ4n) is 2.00. The van der Waals surface area contributed by atoms with Crippen LogP contribution in [-0.4, -0.2) is 25.5 Å². The molecule has 0 spiro atoms. The van der Waals surface area contributed by atoms with E-state index in [0.717, 1.165) is 8.87 Å². The normalized spacial score (nSPS) is 15.7. The third kappa shape index (κ3) is 2.28. The van der Waals surface area contributed by atoms with Gasteiger partial charge in [0.05, 0.1) is 0 Å². The summed E-state index contributed by atoms with van der Waals surface area (Å²) in [4.78, 5) is 11.9. The molecule has 1 amide bonds. The molecule has 0 saturated carbocycles. The molecular weight excluding hydrogens is 312 g/mol. The molecule has 0 radical (unpaired) electrons. The van der Waals surface area contributed by atoms with Crippen molar-refractivity contribution in [2.45, 2.75) is 6.61 Å². The van der Waals surface area contributed by atoms with Crippen LogP contribution >= 0.6 is 0 Å². The third-order valence-electron chi connectivity index (χ3n) is 2.89. The average molecular weight is 322 g/mol. The van der Waals surface area contributed by atoms with Crippen molar-refractivity contribution in [1.29, 1.82) is 0 Å². The van der Waals surface area contributed by atoms with Crippen molar-refractivity contribution < 1.29 is 14.3 Å². The predicted molar refractivity (Wildman–Crippen MR) is 72.2 cm³/mol. The van der Waals surface area contributed by atoms with Gasteiger partial charge >= 0.3 is 115 Å². The number of benzene rings is 1. The van der Waals surface area contributed by atoms with Crippen LogP contribution < -0.4 is 5.32 Å². The number of halogens is 1. The second-order valence-electron chi connectivity index (χ2n) is 4.16. The Kier molecular flexibility index (Phi) is 3.11. The van der Waals surface area contributed by atoms with Crippen LogP contribution in [0.5, 0.6) is 0 Å². The summed E-state index contributed by atoms with van der Waals surface area (Å²) in [6.45, 7) is 0.0422. The molecule has 0 atom stereocenters. The van der Waals surface area contributed by atoms with Gasteiger partial charge in [-0.15, -0.1) is 0 Å². The molecule has 5 heteroatoms. The number of anilines is 1. The zero-order valence-electron chi connectivity index (χ0n) is 9.81. The van der Waals surface area contributed by atoms with Gasteiger partial charge in [0.25, 0.3) is 0 Å². The molecule has 2 N–H and O–H groups in total. The Balaban J connectivity index is 2.06. The number of aliphatic hydroxyl groups is 1. The predicted octanol–water partition coefficient (Wildman–Crippen LogP) is 1.87. The Bertz CT molecular complexity index is 691. The second-order valence-corrected chi connectivity index (χ2v) is 6.68. The molecule has 1 aliphatic rings. The topological polar surface area (TPSA) is 49.3 Å². The second kappa shape index (κ2) is 4.78. The number of carbonyl (C=O) groups is 1. The molecule has 2 heterocycles. The van der Waals surface area contributed by atoms with E-state index in [9.17, 15) is 9.18 Å². The Labute approximate surface area is 115 Å². The summed E-state index contributed by atoms with van der Waals surface area (Å²) < 4.78 is 15.2. The van der Waals surface area contributed by atoms with E-state index < -0.39 is 0 Å². The zero-order valence-corrected chi connectivity index (χ0v) is 11.5. The van der Waals surface area contributed by atoms with Gasteiger partial charge in [-0.25, -0.2) is 0 Å². The van der Waals surface area contributed by atoms with Crippen LogP contribution in [0.3, 0.4) is 0 Å². The van der Waals surface area contributed by atoms with Crippen LogP contribution in [0.15, 0.2) is 30.3 Å². The van der Waals surface area contributed by atoms with E-state index in [1.807, 2.05) is 12.1 Å². The summed E-state index contributed by atoms with van der Waals surface area (Å²) in [6.07, 6.45) is 1.78. The number of rotatable bonds is 2. The van der Waals surface area contributed by atoms with E-state index in [1.54, 1.807) is 12.1 Å². The Morgan fingerprint density at radius 2 is 2.16 bits per heavy atom. The summed E-state index contributed by atoms with van der Waals surface area (Å²) in [5.41, 5.74) is 1.72. The standard InChI is InChI=1S/C14H10FNO2Se/c15-8-1-4-13-11(5-8)12(14(18)16-13)6-9-2-3-10(7-17)19-9/h1-6,17H,7H2,(H,16,18). The van der Waals surface area contributed by atoms with Gasteiger partial charge in [0, 0.05) is 0 Å². The number of aliphatic hydroxyl groups excluding tert-OH is 1. The molecule has 1 aromatic carbocycles. The van der Waals surface area contributed by atoms with Gasteiger partial charge in [0.2, 0.25) is 0 Å². The molecule has 2 aromatic rings. The minimum atomic E-state index is -0.360. The van der Waals surface area contributed by atoms with Crippen LogP contribution in [0.1, 0.15) is 14.4 Å². The van der Waals surface area contributed by atoms with Crippen molar-refractivity contribution in [3.63, 3.8) is 0 Å². The van der Waals surface area contributed by atoms with Gasteiger partial charge in [-0.05, 0) is 0 Å². The number of amides is 1. The number of fused-ring (bicyclic) bond motifs is 1. The van der Waals surface area contributed by atoms with Gasteiger partial charge in [0.1, 0.15) is 0 Å². The molecule has 19 heavy (non-hydrogen) atoms. The fourth-order valence-corrected chi connectivity index (χ4v) is 3.72. The van der Waals surface area contributed by atoms with E-state index >= 15 is 0 Å². The van der Waals surface area contributed by atoms with Crippen molar-refractivity contribution in [2.75, 3.05) is 5.32 Å². The maximum atomic E-state index is 13.3. The summed E-state index contributed by atoms with van der Waals surface area (Å²) in [7, 11) is 0. The molecule has 0 saturated heterocycles. The first-order valence-electron chi connectivity index (χ1n) is 5.70. The van der Waals surface area contributed by atoms with E-state index in [-0.39, 0.29) is 32.8 Å². The van der Waals surface area contributed by atoms with E-state index in [4.69, 9.17) is 5.11 Å². The van der Waals surface area contributed by atoms with Crippen molar-refractivity contribution in [2.24, 2.45) is 0 Å². The Hall–Kier alpha value is -1.68. The SMILES string of the molecule is O=C1Nc2ccc(F)cc2C1=Cc1ccc(CO)[se]1. The first-order valence-corrected chi connectivity index (χ1v) is 7.41. The van der Waals surface area contributed by atoms with Gasteiger partial charge in [-0.1, -0.05) is 0 Å². The minimum absolute atomic E-state index is 0.0398. The molecule has 1 aliphatic heterocycles. The van der Waals surface area contributed by atoms with Crippen LogP contribution in [0.4, 0.5) is 10.1 Å². The van der Waals surface area contributed by atoms with Gasteiger partial charge in [0.15, 0.2) is 0 Å². The summed E-state index contributed by atoms with van der Waals surface area (Å²) in [5, 5.41) is 11.8. The molecule has 0 aliphatic carbocycles. The summed E-state index contributed by atoms with van der Waals surface area (Å²) in [5.74, 6) is -0.573. The number of carbonyl (C=O) groups excluding carboxylic acids is 1. The zero-order chi connectivity index (χ0) is 13.4. The molecule has 3 nitrogen and oxygen atoms in total. The Morgan fingerprint density at radius 3 is 2.89 bits per heavy atom. The van der Waals surface area contributed by atoms with E-state index in [0.29, 0.717) is 16.8 Å². The fraction of sp³-hybridized carbons (Fsp3) is 0.0714. The average Bonchev–Trinajstić information content (AvgIpc) is 2.96. The van der Waals surface area contributed by atoms with Crippen molar-refractivity contribution in [3.8, 4) is 0 Å². The van der Waals surface area contributed by atoms with Gasteiger partial charge in [-0.3, -0.25) is 0 Å². The summed E-state index contributed by atoms with van der Waals surface area (Å²) >= 11 is 0.0398. The third-order valence-corrected chi connectivity index (χ3v) is 5.02. The van der Waals surface area contributed by atoms with Crippen LogP contribution in [0.25, 0.3) is 11.6 Å². The maximum absolute atomic E-state index is 13.3. The van der Waals surface area contributed by atoms with E-state index in [1.165, 1.54) is 12.1 Å². The van der Waals surface area contributed by atoms with Crippen molar-refractivity contribution in [1.82, 2.24) is 0 Å². The van der Waals surface area contributed by atoms with Gasteiger partial charge < -0.3 is 0 Å². The first kappa shape index (κ1) is 12.4. The van der Waals surface area contributed by atoms with Crippen LogP contribution in [0, 0.1) is 5.82 Å². The van der Waals surface area contributed by atoms with Crippen LogP contribution in [0.2, 0.25) is 0 Å². The summed E-state index contributed by atoms with van der Waals surface area (Å²) in [6, 6.07) is 8.01. The number of hydrogen-bond acceptors (Lipinski definition) is 2. The van der Waals surface area contributed by atoms with Crippen molar-refractivity contribution >= 4 is 37.7 Å². The quantitative estimate of drug-likeness (QED) is 0.655. The molecule has 0 bridgehead atoms. The molecule has 96 valence electrons. The molecule has 0 unspecified atom stereocenters. The molecular formula is C14H10FNO2Se.